The molecular weight excluding hydrogens is 270 g/mol. The predicted octanol–water partition coefficient (Wildman–Crippen LogP) is 2.91. The summed E-state index contributed by atoms with van der Waals surface area (Å²) in [5, 5.41) is 10.6. The molecule has 1 amide bonds. The maximum atomic E-state index is 13.9. The lowest BCUT2D eigenvalue weighted by Gasteiger charge is -2.20. The zero-order valence-electron chi connectivity index (χ0n) is 10.9. The molecule has 0 N–H and O–H groups in total. The van der Waals surface area contributed by atoms with E-state index in [2.05, 4.69) is 6.58 Å². The Hall–Kier alpha value is -2.31. The van der Waals surface area contributed by atoms with Crippen molar-refractivity contribution in [3.8, 4) is 0 Å². The van der Waals surface area contributed by atoms with Gasteiger partial charge < -0.3 is 4.90 Å². The number of benzene rings is 1. The molecule has 0 aliphatic carbocycles. The van der Waals surface area contributed by atoms with Crippen LogP contribution >= 0.6 is 0 Å². The highest BCUT2D eigenvalue weighted by Gasteiger charge is 2.28. The molecule has 0 aromatic heterocycles. The lowest BCUT2D eigenvalue weighted by molar-refractivity contribution is -0.387. The largest absolute Gasteiger partial charge is 0.335 e. The van der Waals surface area contributed by atoms with E-state index in [0.29, 0.717) is 18.6 Å². The van der Waals surface area contributed by atoms with E-state index in [9.17, 15) is 23.7 Å². The van der Waals surface area contributed by atoms with Crippen molar-refractivity contribution in [1.82, 2.24) is 4.90 Å². The van der Waals surface area contributed by atoms with Gasteiger partial charge in [-0.25, -0.2) is 4.39 Å². The van der Waals surface area contributed by atoms with E-state index in [1.807, 2.05) is 0 Å². The van der Waals surface area contributed by atoms with Crippen LogP contribution in [0.5, 0.6) is 0 Å². The van der Waals surface area contributed by atoms with Crippen LogP contribution < -0.4 is 0 Å². The molecule has 5 nitrogen and oxygen atoms in total. The molecule has 0 atom stereocenters. The topological polar surface area (TPSA) is 63.5 Å². The molecule has 20 heavy (non-hydrogen) atoms. The highest BCUT2D eigenvalue weighted by atomic mass is 19.1. The molecule has 0 fully saturated rings. The number of amides is 1. The lowest BCUT2D eigenvalue weighted by atomic mass is 10.1. The standard InChI is InChI=1S/C13H14F2N2O3/c1-3-7-16(8-4-2)13(18)11-9(14)5-6-10(12(11)15)17(19)20/h3,5-6H,1,4,7-8H2,2H3. The van der Waals surface area contributed by atoms with Gasteiger partial charge in [0, 0.05) is 19.2 Å². The van der Waals surface area contributed by atoms with Gasteiger partial charge in [0.1, 0.15) is 11.4 Å². The normalized spacial score (nSPS) is 10.2. The van der Waals surface area contributed by atoms with Crippen molar-refractivity contribution in [2.45, 2.75) is 13.3 Å². The van der Waals surface area contributed by atoms with Gasteiger partial charge in [0.2, 0.25) is 5.82 Å². The maximum Gasteiger partial charge on any atom is 0.305 e. The van der Waals surface area contributed by atoms with Crippen LogP contribution in [0.2, 0.25) is 0 Å². The zero-order valence-corrected chi connectivity index (χ0v) is 10.9. The molecule has 0 heterocycles. The van der Waals surface area contributed by atoms with Crippen LogP contribution in [0.3, 0.4) is 0 Å². The number of hydrogen-bond acceptors (Lipinski definition) is 3. The van der Waals surface area contributed by atoms with Gasteiger partial charge in [-0.05, 0) is 12.5 Å². The molecule has 0 aliphatic heterocycles. The second-order valence-corrected chi connectivity index (χ2v) is 4.05. The number of halogens is 2. The fraction of sp³-hybridized carbons (Fsp3) is 0.308. The second kappa shape index (κ2) is 6.74. The molecule has 0 radical (unpaired) electrons. The van der Waals surface area contributed by atoms with Crippen molar-refractivity contribution in [3.63, 3.8) is 0 Å². The Morgan fingerprint density at radius 1 is 1.50 bits per heavy atom. The van der Waals surface area contributed by atoms with E-state index in [1.165, 1.54) is 11.0 Å². The van der Waals surface area contributed by atoms with Gasteiger partial charge >= 0.3 is 5.69 Å². The average molecular weight is 284 g/mol. The molecular formula is C13H14F2N2O3. The van der Waals surface area contributed by atoms with Crippen LogP contribution in [0.15, 0.2) is 24.8 Å². The van der Waals surface area contributed by atoms with Crippen LogP contribution in [-0.2, 0) is 0 Å². The van der Waals surface area contributed by atoms with Crippen molar-refractivity contribution in [2.24, 2.45) is 0 Å². The third kappa shape index (κ3) is 3.17. The Balaban J connectivity index is 3.29. The molecule has 7 heteroatoms. The molecule has 0 unspecified atom stereocenters. The van der Waals surface area contributed by atoms with Crippen LogP contribution in [-0.4, -0.2) is 28.8 Å². The van der Waals surface area contributed by atoms with Crippen LogP contribution in [0, 0.1) is 21.7 Å². The minimum atomic E-state index is -1.45. The third-order valence-electron chi connectivity index (χ3n) is 2.61. The molecule has 0 spiro atoms. The minimum Gasteiger partial charge on any atom is -0.335 e. The Kier molecular flexibility index (Phi) is 5.31. The quantitative estimate of drug-likeness (QED) is 0.458. The van der Waals surface area contributed by atoms with Crippen LogP contribution in [0.25, 0.3) is 0 Å². The Bertz CT molecular complexity index is 547. The number of carbonyl (C=O) groups excluding carboxylic acids is 1. The summed E-state index contributed by atoms with van der Waals surface area (Å²) in [6.45, 7) is 5.63. The summed E-state index contributed by atoms with van der Waals surface area (Å²) >= 11 is 0. The first-order chi connectivity index (χ1) is 9.43. The van der Waals surface area contributed by atoms with E-state index in [4.69, 9.17) is 0 Å². The summed E-state index contributed by atoms with van der Waals surface area (Å²) in [5.74, 6) is -3.50. The molecule has 0 saturated carbocycles. The summed E-state index contributed by atoms with van der Waals surface area (Å²) in [5.41, 5.74) is -1.83. The third-order valence-corrected chi connectivity index (χ3v) is 2.61. The Labute approximate surface area is 114 Å². The fourth-order valence-electron chi connectivity index (χ4n) is 1.74. The summed E-state index contributed by atoms with van der Waals surface area (Å²) in [6, 6.07) is 1.41. The number of rotatable bonds is 6. The molecule has 0 saturated heterocycles. The molecule has 1 rings (SSSR count). The SMILES string of the molecule is C=CCN(CCC)C(=O)c1c(F)ccc([N+](=O)[O-])c1F. The monoisotopic (exact) mass is 284 g/mol. The summed E-state index contributed by atoms with van der Waals surface area (Å²) in [6.07, 6.45) is 2.00. The number of hydrogen-bond donors (Lipinski definition) is 0. The summed E-state index contributed by atoms with van der Waals surface area (Å²) in [7, 11) is 0. The number of nitrogens with zero attached hydrogens (tertiary/aromatic N) is 2. The molecule has 108 valence electrons. The maximum absolute atomic E-state index is 13.9. The highest BCUT2D eigenvalue weighted by Crippen LogP contribution is 2.24. The lowest BCUT2D eigenvalue weighted by Crippen LogP contribution is -2.33. The smallest absolute Gasteiger partial charge is 0.305 e. The number of nitro groups is 1. The van der Waals surface area contributed by atoms with Gasteiger partial charge in [-0.2, -0.15) is 4.39 Å². The van der Waals surface area contributed by atoms with Gasteiger partial charge in [-0.15, -0.1) is 6.58 Å². The van der Waals surface area contributed by atoms with Crippen molar-refractivity contribution >= 4 is 11.6 Å². The highest BCUT2D eigenvalue weighted by molar-refractivity contribution is 5.95. The zero-order chi connectivity index (χ0) is 15.3. The van der Waals surface area contributed by atoms with Crippen molar-refractivity contribution < 1.29 is 18.5 Å². The molecule has 1 aromatic rings. The van der Waals surface area contributed by atoms with Gasteiger partial charge in [0.25, 0.3) is 5.91 Å². The van der Waals surface area contributed by atoms with E-state index >= 15 is 0 Å². The molecule has 1 aromatic carbocycles. The van der Waals surface area contributed by atoms with E-state index in [0.717, 1.165) is 0 Å². The van der Waals surface area contributed by atoms with Gasteiger partial charge in [0.05, 0.1) is 4.92 Å². The fourth-order valence-corrected chi connectivity index (χ4v) is 1.74. The van der Waals surface area contributed by atoms with Gasteiger partial charge in [-0.3, -0.25) is 14.9 Å². The first kappa shape index (κ1) is 15.7. The van der Waals surface area contributed by atoms with Crippen molar-refractivity contribution in [2.75, 3.05) is 13.1 Å². The second-order valence-electron chi connectivity index (χ2n) is 4.05. The summed E-state index contributed by atoms with van der Waals surface area (Å²) < 4.78 is 27.6. The van der Waals surface area contributed by atoms with Crippen molar-refractivity contribution in [1.29, 1.82) is 0 Å². The Morgan fingerprint density at radius 3 is 2.65 bits per heavy atom. The summed E-state index contributed by atoms with van der Waals surface area (Å²) in [4.78, 5) is 22.9. The van der Waals surface area contributed by atoms with Crippen LogP contribution in [0.1, 0.15) is 23.7 Å². The molecule has 0 bridgehead atoms. The first-order valence-electron chi connectivity index (χ1n) is 5.96. The van der Waals surface area contributed by atoms with Crippen molar-refractivity contribution in [3.05, 3.63) is 52.1 Å². The van der Waals surface area contributed by atoms with Gasteiger partial charge in [-0.1, -0.05) is 13.0 Å². The Morgan fingerprint density at radius 2 is 2.15 bits per heavy atom. The number of nitro benzene ring substituents is 1. The predicted molar refractivity (Wildman–Crippen MR) is 69.4 cm³/mol. The minimum absolute atomic E-state index is 0.105. The van der Waals surface area contributed by atoms with Gasteiger partial charge in [0.15, 0.2) is 0 Å². The molecule has 0 aliphatic rings. The first-order valence-corrected chi connectivity index (χ1v) is 5.96. The number of carbonyl (C=O) groups is 1. The van der Waals surface area contributed by atoms with E-state index in [1.54, 1.807) is 6.92 Å². The van der Waals surface area contributed by atoms with E-state index in [-0.39, 0.29) is 13.1 Å². The average Bonchev–Trinajstić information content (AvgIpc) is 2.37. The van der Waals surface area contributed by atoms with E-state index < -0.39 is 33.7 Å². The van der Waals surface area contributed by atoms with Crippen LogP contribution in [0.4, 0.5) is 14.5 Å².